The normalized spacial score (nSPS) is 19.7. The van der Waals surface area contributed by atoms with E-state index in [-0.39, 0.29) is 12.0 Å². The van der Waals surface area contributed by atoms with Crippen LogP contribution in [0.4, 0.5) is 0 Å². The first-order chi connectivity index (χ1) is 8.06. The van der Waals surface area contributed by atoms with E-state index >= 15 is 0 Å². The van der Waals surface area contributed by atoms with Crippen LogP contribution in [0.5, 0.6) is 0 Å². The van der Waals surface area contributed by atoms with Crippen molar-refractivity contribution in [1.82, 2.24) is 4.90 Å². The van der Waals surface area contributed by atoms with Crippen molar-refractivity contribution in [1.29, 1.82) is 0 Å². The third-order valence-electron chi connectivity index (χ3n) is 3.36. The van der Waals surface area contributed by atoms with E-state index in [1.165, 1.54) is 5.56 Å². The molecule has 1 saturated heterocycles. The number of hydrogen-bond acceptors (Lipinski definition) is 2. The number of carbonyl (C=O) groups is 1. The van der Waals surface area contributed by atoms with Crippen molar-refractivity contribution >= 4 is 5.91 Å². The lowest BCUT2D eigenvalue weighted by Gasteiger charge is -2.16. The van der Waals surface area contributed by atoms with Crippen LogP contribution in [-0.2, 0) is 11.2 Å². The summed E-state index contributed by atoms with van der Waals surface area (Å²) in [7, 11) is 0. The molecule has 1 fully saturated rings. The van der Waals surface area contributed by atoms with Gasteiger partial charge < -0.3 is 10.0 Å². The largest absolute Gasteiger partial charge is 0.391 e. The van der Waals surface area contributed by atoms with Crippen LogP contribution >= 0.6 is 0 Å². The van der Waals surface area contributed by atoms with Crippen LogP contribution in [0.15, 0.2) is 18.2 Å². The summed E-state index contributed by atoms with van der Waals surface area (Å²) in [5, 5.41) is 9.42. The van der Waals surface area contributed by atoms with Crippen LogP contribution < -0.4 is 0 Å². The van der Waals surface area contributed by atoms with Crippen molar-refractivity contribution in [3.63, 3.8) is 0 Å². The highest BCUT2D eigenvalue weighted by atomic mass is 16.3. The van der Waals surface area contributed by atoms with Gasteiger partial charge in [-0.15, -0.1) is 0 Å². The van der Waals surface area contributed by atoms with Gasteiger partial charge in [0.15, 0.2) is 0 Å². The van der Waals surface area contributed by atoms with Gasteiger partial charge >= 0.3 is 0 Å². The summed E-state index contributed by atoms with van der Waals surface area (Å²) in [6, 6.07) is 6.18. The zero-order chi connectivity index (χ0) is 12.4. The van der Waals surface area contributed by atoms with Crippen LogP contribution in [0.25, 0.3) is 0 Å². The van der Waals surface area contributed by atoms with Gasteiger partial charge in [0.25, 0.3) is 0 Å². The first-order valence-electron chi connectivity index (χ1n) is 6.08. The number of aliphatic hydroxyl groups is 1. The van der Waals surface area contributed by atoms with E-state index in [4.69, 9.17) is 0 Å². The Balaban J connectivity index is 2.05. The third-order valence-corrected chi connectivity index (χ3v) is 3.36. The molecule has 0 radical (unpaired) electrons. The summed E-state index contributed by atoms with van der Waals surface area (Å²) >= 11 is 0. The quantitative estimate of drug-likeness (QED) is 0.839. The van der Waals surface area contributed by atoms with Crippen LogP contribution in [0.1, 0.15) is 23.1 Å². The molecule has 3 heteroatoms. The summed E-state index contributed by atoms with van der Waals surface area (Å²) in [6.45, 7) is 5.24. The van der Waals surface area contributed by atoms with Gasteiger partial charge in [-0.05, 0) is 31.4 Å². The standard InChI is InChI=1S/C14H19NO2/c1-10-3-4-11(2)12(7-10)8-14(17)15-6-5-13(16)9-15/h3-4,7,13,16H,5-6,8-9H2,1-2H3/t13-/m1/s1. The Kier molecular flexibility index (Phi) is 3.48. The molecule has 1 amide bonds. The molecule has 1 aromatic rings. The first-order valence-corrected chi connectivity index (χ1v) is 6.08. The number of likely N-dealkylation sites (tertiary alicyclic amines) is 1. The number of amides is 1. The SMILES string of the molecule is Cc1ccc(C)c(CC(=O)N2CC[C@@H](O)C2)c1. The van der Waals surface area contributed by atoms with Gasteiger partial charge in [0.1, 0.15) is 0 Å². The van der Waals surface area contributed by atoms with Crippen molar-refractivity contribution in [2.24, 2.45) is 0 Å². The van der Waals surface area contributed by atoms with Gasteiger partial charge in [-0.1, -0.05) is 23.8 Å². The number of aryl methyl sites for hydroxylation is 2. The number of aliphatic hydroxyl groups excluding tert-OH is 1. The Morgan fingerprint density at radius 3 is 2.88 bits per heavy atom. The average Bonchev–Trinajstić information content (AvgIpc) is 2.70. The highest BCUT2D eigenvalue weighted by molar-refractivity contribution is 5.79. The molecular formula is C14H19NO2. The van der Waals surface area contributed by atoms with Gasteiger partial charge in [0.2, 0.25) is 5.91 Å². The fourth-order valence-electron chi connectivity index (χ4n) is 2.23. The maximum absolute atomic E-state index is 12.0. The molecular weight excluding hydrogens is 214 g/mol. The van der Waals surface area contributed by atoms with Crippen LogP contribution in [0, 0.1) is 13.8 Å². The fraction of sp³-hybridized carbons (Fsp3) is 0.500. The van der Waals surface area contributed by atoms with Gasteiger partial charge in [0.05, 0.1) is 12.5 Å². The average molecular weight is 233 g/mol. The Morgan fingerprint density at radius 2 is 2.24 bits per heavy atom. The van der Waals surface area contributed by atoms with E-state index in [0.29, 0.717) is 25.9 Å². The summed E-state index contributed by atoms with van der Waals surface area (Å²) < 4.78 is 0. The second-order valence-electron chi connectivity index (χ2n) is 4.89. The molecule has 0 aromatic heterocycles. The van der Waals surface area contributed by atoms with E-state index < -0.39 is 0 Å². The van der Waals surface area contributed by atoms with Crippen LogP contribution in [0.2, 0.25) is 0 Å². The second kappa shape index (κ2) is 4.88. The molecule has 92 valence electrons. The summed E-state index contributed by atoms with van der Waals surface area (Å²) in [5.74, 6) is 0.121. The number of hydrogen-bond donors (Lipinski definition) is 1. The Morgan fingerprint density at radius 1 is 1.47 bits per heavy atom. The fourth-order valence-corrected chi connectivity index (χ4v) is 2.23. The third kappa shape index (κ3) is 2.86. The van der Waals surface area contributed by atoms with Crippen molar-refractivity contribution in [2.45, 2.75) is 32.8 Å². The van der Waals surface area contributed by atoms with E-state index in [1.54, 1.807) is 4.90 Å². The van der Waals surface area contributed by atoms with Crippen molar-refractivity contribution < 1.29 is 9.90 Å². The summed E-state index contributed by atoms with van der Waals surface area (Å²) in [5.41, 5.74) is 3.43. The molecule has 0 unspecified atom stereocenters. The van der Waals surface area contributed by atoms with Crippen LogP contribution in [-0.4, -0.2) is 35.1 Å². The Hall–Kier alpha value is -1.35. The predicted octanol–water partition coefficient (Wildman–Crippen LogP) is 1.44. The maximum atomic E-state index is 12.0. The number of β-amino-alcohol motifs (C(OH)–C–C–N with tert-alkyl or cyclic N) is 1. The van der Waals surface area contributed by atoms with E-state index in [9.17, 15) is 9.90 Å². The zero-order valence-electron chi connectivity index (χ0n) is 10.4. The lowest BCUT2D eigenvalue weighted by molar-refractivity contribution is -0.129. The molecule has 1 heterocycles. The van der Waals surface area contributed by atoms with Crippen molar-refractivity contribution in [3.05, 3.63) is 34.9 Å². The smallest absolute Gasteiger partial charge is 0.227 e. The monoisotopic (exact) mass is 233 g/mol. The molecule has 1 aliphatic heterocycles. The number of benzene rings is 1. The van der Waals surface area contributed by atoms with Crippen LogP contribution in [0.3, 0.4) is 0 Å². The lowest BCUT2D eigenvalue weighted by Crippen LogP contribution is -2.31. The van der Waals surface area contributed by atoms with E-state index in [0.717, 1.165) is 11.1 Å². The van der Waals surface area contributed by atoms with Crippen molar-refractivity contribution in [3.8, 4) is 0 Å². The van der Waals surface area contributed by atoms with Gasteiger partial charge in [-0.2, -0.15) is 0 Å². The van der Waals surface area contributed by atoms with Crippen molar-refractivity contribution in [2.75, 3.05) is 13.1 Å². The molecule has 1 N–H and O–H groups in total. The van der Waals surface area contributed by atoms with Gasteiger partial charge in [-0.3, -0.25) is 4.79 Å². The maximum Gasteiger partial charge on any atom is 0.227 e. The first kappa shape index (κ1) is 12.1. The molecule has 1 atom stereocenters. The zero-order valence-corrected chi connectivity index (χ0v) is 10.4. The minimum atomic E-state index is -0.336. The van der Waals surface area contributed by atoms with E-state index in [1.807, 2.05) is 13.8 Å². The molecule has 0 aliphatic carbocycles. The molecule has 0 spiro atoms. The number of nitrogens with zero attached hydrogens (tertiary/aromatic N) is 1. The minimum Gasteiger partial charge on any atom is -0.391 e. The Bertz CT molecular complexity index is 428. The minimum absolute atomic E-state index is 0.121. The highest BCUT2D eigenvalue weighted by Crippen LogP contribution is 2.15. The molecule has 17 heavy (non-hydrogen) atoms. The number of rotatable bonds is 2. The molecule has 2 rings (SSSR count). The molecule has 3 nitrogen and oxygen atoms in total. The molecule has 1 aromatic carbocycles. The second-order valence-corrected chi connectivity index (χ2v) is 4.89. The summed E-state index contributed by atoms with van der Waals surface area (Å²) in [4.78, 5) is 13.8. The predicted molar refractivity (Wildman–Crippen MR) is 66.8 cm³/mol. The topological polar surface area (TPSA) is 40.5 Å². The molecule has 0 bridgehead atoms. The number of carbonyl (C=O) groups excluding carboxylic acids is 1. The molecule has 0 saturated carbocycles. The summed E-state index contributed by atoms with van der Waals surface area (Å²) in [6.07, 6.45) is 0.816. The van der Waals surface area contributed by atoms with E-state index in [2.05, 4.69) is 18.2 Å². The van der Waals surface area contributed by atoms with Gasteiger partial charge in [-0.25, -0.2) is 0 Å². The lowest BCUT2D eigenvalue weighted by atomic mass is 10.0. The highest BCUT2D eigenvalue weighted by Gasteiger charge is 2.24. The Labute approximate surface area is 102 Å². The van der Waals surface area contributed by atoms with Gasteiger partial charge in [0, 0.05) is 13.1 Å². The molecule has 1 aliphatic rings.